The zero-order valence-corrected chi connectivity index (χ0v) is 13.0. The maximum Gasteiger partial charge on any atom is 0.113 e. The highest BCUT2D eigenvalue weighted by atomic mass is 32.1. The van der Waals surface area contributed by atoms with Crippen LogP contribution < -0.4 is 5.73 Å². The molecule has 2 aromatic rings. The smallest absolute Gasteiger partial charge is 0.113 e. The Balaban J connectivity index is 2.09. The summed E-state index contributed by atoms with van der Waals surface area (Å²) in [6.07, 6.45) is 5.19. The van der Waals surface area contributed by atoms with E-state index in [0.29, 0.717) is 0 Å². The van der Waals surface area contributed by atoms with Gasteiger partial charge in [0.05, 0.1) is 12.2 Å². The zero-order chi connectivity index (χ0) is 14.0. The number of nitrogens with two attached hydrogens (primary N) is 1. The number of aromatic nitrogens is 2. The van der Waals surface area contributed by atoms with E-state index >= 15 is 0 Å². The van der Waals surface area contributed by atoms with Gasteiger partial charge < -0.3 is 10.3 Å². The number of thiazole rings is 1. The highest BCUT2D eigenvalue weighted by Gasteiger charge is 2.17. The number of nitrogens with zero attached hydrogens (tertiary/aromatic N) is 2. The van der Waals surface area contributed by atoms with Crippen LogP contribution in [0.5, 0.6) is 0 Å². The van der Waals surface area contributed by atoms with Crippen LogP contribution in [0.25, 0.3) is 0 Å². The minimum absolute atomic E-state index is 0.126. The fraction of sp³-hybridized carbons (Fsp3) is 0.533. The van der Waals surface area contributed by atoms with Gasteiger partial charge in [0, 0.05) is 29.2 Å². The van der Waals surface area contributed by atoms with Gasteiger partial charge in [0.25, 0.3) is 0 Å². The molecule has 1 unspecified atom stereocenters. The molecule has 19 heavy (non-hydrogen) atoms. The Kier molecular flexibility index (Phi) is 4.11. The fourth-order valence-electron chi connectivity index (χ4n) is 1.90. The van der Waals surface area contributed by atoms with Crippen molar-refractivity contribution in [3.63, 3.8) is 0 Å². The first kappa shape index (κ1) is 14.3. The van der Waals surface area contributed by atoms with Crippen molar-refractivity contribution in [1.82, 2.24) is 9.55 Å². The van der Waals surface area contributed by atoms with Crippen molar-refractivity contribution in [2.45, 2.75) is 52.1 Å². The Hall–Kier alpha value is -1.13. The van der Waals surface area contributed by atoms with Gasteiger partial charge in [-0.2, -0.15) is 0 Å². The molecule has 0 spiro atoms. The molecular weight excluding hydrogens is 254 g/mol. The lowest BCUT2D eigenvalue weighted by Gasteiger charge is -2.14. The Bertz CT molecular complexity index is 534. The van der Waals surface area contributed by atoms with Gasteiger partial charge in [0.1, 0.15) is 5.01 Å². The molecule has 0 aliphatic heterocycles. The normalized spacial score (nSPS) is 13.7. The molecule has 0 saturated carbocycles. The van der Waals surface area contributed by atoms with Crippen LogP contribution in [0, 0.1) is 0 Å². The van der Waals surface area contributed by atoms with Gasteiger partial charge in [-0.15, -0.1) is 11.3 Å². The van der Waals surface area contributed by atoms with Crippen LogP contribution in [0.4, 0.5) is 0 Å². The molecule has 0 saturated heterocycles. The molecule has 0 amide bonds. The second-order valence-electron chi connectivity index (χ2n) is 6.01. The average Bonchev–Trinajstić information content (AvgIpc) is 2.97. The molecule has 0 aliphatic rings. The number of hydrogen-bond acceptors (Lipinski definition) is 3. The molecule has 0 aliphatic carbocycles. The average molecular weight is 277 g/mol. The van der Waals surface area contributed by atoms with Crippen molar-refractivity contribution >= 4 is 11.3 Å². The topological polar surface area (TPSA) is 43.8 Å². The van der Waals surface area contributed by atoms with Gasteiger partial charge in [-0.05, 0) is 18.1 Å². The lowest BCUT2D eigenvalue weighted by molar-refractivity contribution is 0.569. The van der Waals surface area contributed by atoms with Gasteiger partial charge in [0.15, 0.2) is 0 Å². The molecule has 1 atom stereocenters. The highest BCUT2D eigenvalue weighted by Crippen LogP contribution is 2.24. The Morgan fingerprint density at radius 1 is 1.42 bits per heavy atom. The van der Waals surface area contributed by atoms with Crippen LogP contribution in [0.1, 0.15) is 56.4 Å². The van der Waals surface area contributed by atoms with E-state index in [2.05, 4.69) is 56.1 Å². The lowest BCUT2D eigenvalue weighted by atomic mass is 9.93. The maximum absolute atomic E-state index is 6.04. The standard InChI is InChI=1S/C15H23N3S/c1-5-12(16)11-6-7-18(8-11)9-14-17-13(10-19-14)15(2,3)4/h6-8,10,12H,5,9,16H2,1-4H3. The van der Waals surface area contributed by atoms with Crippen LogP contribution in [-0.4, -0.2) is 9.55 Å². The molecule has 2 rings (SSSR count). The maximum atomic E-state index is 6.04. The molecule has 2 heterocycles. The third kappa shape index (κ3) is 3.45. The lowest BCUT2D eigenvalue weighted by Crippen LogP contribution is -2.11. The number of hydrogen-bond donors (Lipinski definition) is 1. The number of rotatable bonds is 4. The van der Waals surface area contributed by atoms with Crippen LogP contribution in [-0.2, 0) is 12.0 Å². The predicted octanol–water partition coefficient (Wildman–Crippen LogP) is 3.70. The third-order valence-electron chi connectivity index (χ3n) is 3.28. The summed E-state index contributed by atoms with van der Waals surface area (Å²) < 4.78 is 2.16. The summed E-state index contributed by atoms with van der Waals surface area (Å²) in [4.78, 5) is 4.72. The van der Waals surface area contributed by atoms with E-state index in [4.69, 9.17) is 10.7 Å². The first-order valence-corrected chi connectivity index (χ1v) is 7.64. The van der Waals surface area contributed by atoms with Crippen molar-refractivity contribution in [3.05, 3.63) is 40.1 Å². The largest absolute Gasteiger partial charge is 0.347 e. The summed E-state index contributed by atoms with van der Waals surface area (Å²) >= 11 is 1.73. The molecule has 2 aromatic heterocycles. The van der Waals surface area contributed by atoms with Crippen LogP contribution in [0.2, 0.25) is 0 Å². The predicted molar refractivity (Wildman–Crippen MR) is 81.6 cm³/mol. The SMILES string of the molecule is CCC(N)c1ccn(Cc2nc(C(C)(C)C)cs2)c1. The van der Waals surface area contributed by atoms with Crippen molar-refractivity contribution in [1.29, 1.82) is 0 Å². The quantitative estimate of drug-likeness (QED) is 0.926. The van der Waals surface area contributed by atoms with E-state index in [-0.39, 0.29) is 11.5 Å². The van der Waals surface area contributed by atoms with Crippen molar-refractivity contribution in [3.8, 4) is 0 Å². The van der Waals surface area contributed by atoms with E-state index in [1.54, 1.807) is 11.3 Å². The summed E-state index contributed by atoms with van der Waals surface area (Å²) in [5.74, 6) is 0. The summed E-state index contributed by atoms with van der Waals surface area (Å²) in [6, 6.07) is 2.24. The molecule has 2 N–H and O–H groups in total. The van der Waals surface area contributed by atoms with Crippen molar-refractivity contribution in [2.75, 3.05) is 0 Å². The van der Waals surface area contributed by atoms with Gasteiger partial charge in [0.2, 0.25) is 0 Å². The summed E-state index contributed by atoms with van der Waals surface area (Å²) in [5.41, 5.74) is 8.54. The van der Waals surface area contributed by atoms with Gasteiger partial charge in [-0.3, -0.25) is 0 Å². The van der Waals surface area contributed by atoms with E-state index in [1.807, 2.05) is 0 Å². The molecule has 0 aromatic carbocycles. The van der Waals surface area contributed by atoms with Gasteiger partial charge in [-0.1, -0.05) is 27.7 Å². The summed E-state index contributed by atoms with van der Waals surface area (Å²) in [7, 11) is 0. The molecule has 0 bridgehead atoms. The Morgan fingerprint density at radius 2 is 2.16 bits per heavy atom. The second-order valence-corrected chi connectivity index (χ2v) is 6.95. The monoisotopic (exact) mass is 277 g/mol. The molecular formula is C15H23N3S. The Labute approximate surface area is 119 Å². The van der Waals surface area contributed by atoms with E-state index in [1.165, 1.54) is 11.3 Å². The van der Waals surface area contributed by atoms with E-state index in [0.717, 1.165) is 18.0 Å². The van der Waals surface area contributed by atoms with Gasteiger partial charge in [-0.25, -0.2) is 4.98 Å². The summed E-state index contributed by atoms with van der Waals surface area (Å²) in [5, 5.41) is 3.31. The zero-order valence-electron chi connectivity index (χ0n) is 12.2. The molecule has 0 radical (unpaired) electrons. The Morgan fingerprint density at radius 3 is 2.74 bits per heavy atom. The molecule has 4 heteroatoms. The van der Waals surface area contributed by atoms with Crippen LogP contribution in [0.3, 0.4) is 0 Å². The highest BCUT2D eigenvalue weighted by molar-refractivity contribution is 7.09. The molecule has 3 nitrogen and oxygen atoms in total. The van der Waals surface area contributed by atoms with Gasteiger partial charge >= 0.3 is 0 Å². The van der Waals surface area contributed by atoms with E-state index in [9.17, 15) is 0 Å². The minimum atomic E-state index is 0.126. The van der Waals surface area contributed by atoms with Crippen LogP contribution >= 0.6 is 11.3 Å². The third-order valence-corrected chi connectivity index (χ3v) is 4.11. The first-order chi connectivity index (χ1) is 8.90. The molecule has 0 fully saturated rings. The van der Waals surface area contributed by atoms with Crippen molar-refractivity contribution in [2.24, 2.45) is 5.73 Å². The summed E-state index contributed by atoms with van der Waals surface area (Å²) in [6.45, 7) is 9.52. The van der Waals surface area contributed by atoms with E-state index < -0.39 is 0 Å². The second kappa shape index (κ2) is 5.47. The minimum Gasteiger partial charge on any atom is -0.347 e. The molecule has 104 valence electrons. The fourth-order valence-corrected chi connectivity index (χ4v) is 2.93. The first-order valence-electron chi connectivity index (χ1n) is 6.76. The van der Waals surface area contributed by atoms with Crippen LogP contribution in [0.15, 0.2) is 23.8 Å². The van der Waals surface area contributed by atoms with Crippen molar-refractivity contribution < 1.29 is 0 Å².